The first-order valence-electron chi connectivity index (χ1n) is 11.2. The number of carboxylic acids is 1. The van der Waals surface area contributed by atoms with E-state index in [-0.39, 0.29) is 29.6 Å². The van der Waals surface area contributed by atoms with Crippen molar-refractivity contribution in [3.63, 3.8) is 0 Å². The first-order valence-corrected chi connectivity index (χ1v) is 13.5. The SMILES string of the molecule is Cl.N=C(N)c1ccc(COc2ccc3cc(CC(NS(=O)(=O)c4ccc(Br)cc4)C(=O)O)ccc3c2)cc1. The van der Waals surface area contributed by atoms with Crippen LogP contribution in [0.1, 0.15) is 16.7 Å². The number of benzene rings is 4. The Morgan fingerprint density at radius 1 is 0.947 bits per heavy atom. The standard InChI is InChI=1S/C27H24BrN3O5S.ClH/c28-22-8-11-24(12-9-22)37(34,35)31-25(27(32)33)14-18-3-6-21-15-23(10-7-20(21)13-18)36-16-17-1-4-19(5-2-17)26(29)30;/h1-13,15,25,31H,14,16H2,(H3,29,30)(H,32,33);1H. The molecule has 0 fully saturated rings. The number of hydrogen-bond acceptors (Lipinski definition) is 5. The van der Waals surface area contributed by atoms with Gasteiger partial charge < -0.3 is 15.6 Å². The number of fused-ring (bicyclic) bond motifs is 1. The molecule has 0 saturated heterocycles. The number of aliphatic carboxylic acids is 1. The quantitative estimate of drug-likeness (QED) is 0.148. The summed E-state index contributed by atoms with van der Waals surface area (Å²) in [5, 5.41) is 18.9. The molecule has 0 aliphatic carbocycles. The van der Waals surface area contributed by atoms with Crippen LogP contribution < -0.4 is 15.2 Å². The van der Waals surface area contributed by atoms with E-state index in [1.807, 2.05) is 42.5 Å². The van der Waals surface area contributed by atoms with E-state index in [1.165, 1.54) is 12.1 Å². The highest BCUT2D eigenvalue weighted by Crippen LogP contribution is 2.24. The predicted molar refractivity (Wildman–Crippen MR) is 153 cm³/mol. The molecule has 0 bridgehead atoms. The molecule has 198 valence electrons. The Hall–Kier alpha value is -3.44. The van der Waals surface area contributed by atoms with Gasteiger partial charge in [-0.2, -0.15) is 4.72 Å². The summed E-state index contributed by atoms with van der Waals surface area (Å²) in [7, 11) is -4.01. The second-order valence-electron chi connectivity index (χ2n) is 8.41. The van der Waals surface area contributed by atoms with Crippen LogP contribution >= 0.6 is 28.3 Å². The second kappa shape index (κ2) is 12.4. The van der Waals surface area contributed by atoms with E-state index in [0.29, 0.717) is 28.0 Å². The third kappa shape index (κ3) is 7.32. The Morgan fingerprint density at radius 2 is 1.55 bits per heavy atom. The van der Waals surface area contributed by atoms with Gasteiger partial charge in [0.1, 0.15) is 24.2 Å². The Kier molecular flexibility index (Phi) is 9.50. The van der Waals surface area contributed by atoms with Gasteiger partial charge in [-0.05, 0) is 64.7 Å². The summed E-state index contributed by atoms with van der Waals surface area (Å²) in [6.45, 7) is 0.348. The Bertz CT molecular complexity index is 1560. The number of hydrogen-bond donors (Lipinski definition) is 4. The van der Waals surface area contributed by atoms with Crippen LogP contribution in [-0.4, -0.2) is 31.4 Å². The third-order valence-electron chi connectivity index (χ3n) is 5.71. The normalized spacial score (nSPS) is 11.9. The molecular formula is C27H25BrClN3O5S. The summed E-state index contributed by atoms with van der Waals surface area (Å²) >= 11 is 3.25. The van der Waals surface area contributed by atoms with Crippen molar-refractivity contribution in [2.75, 3.05) is 0 Å². The van der Waals surface area contributed by atoms with Gasteiger partial charge in [0, 0.05) is 10.0 Å². The predicted octanol–water partition coefficient (Wildman–Crippen LogP) is 4.86. The van der Waals surface area contributed by atoms with Gasteiger partial charge in [-0.1, -0.05) is 64.5 Å². The van der Waals surface area contributed by atoms with E-state index >= 15 is 0 Å². The largest absolute Gasteiger partial charge is 0.489 e. The molecule has 0 aromatic heterocycles. The molecule has 4 aromatic carbocycles. The lowest BCUT2D eigenvalue weighted by Gasteiger charge is -2.16. The maximum Gasteiger partial charge on any atom is 0.322 e. The van der Waals surface area contributed by atoms with Gasteiger partial charge in [-0.25, -0.2) is 8.42 Å². The van der Waals surface area contributed by atoms with Crippen molar-refractivity contribution in [1.29, 1.82) is 5.41 Å². The highest BCUT2D eigenvalue weighted by Gasteiger charge is 2.25. The zero-order valence-corrected chi connectivity index (χ0v) is 23.1. The second-order valence-corrected chi connectivity index (χ2v) is 11.0. The van der Waals surface area contributed by atoms with Crippen LogP contribution in [0.2, 0.25) is 0 Å². The number of nitrogens with one attached hydrogen (secondary N) is 2. The molecule has 1 atom stereocenters. The van der Waals surface area contributed by atoms with Crippen molar-refractivity contribution in [3.8, 4) is 5.75 Å². The Labute approximate surface area is 234 Å². The fraction of sp³-hybridized carbons (Fsp3) is 0.111. The molecule has 38 heavy (non-hydrogen) atoms. The number of carboxylic acid groups (broad SMARTS) is 1. The van der Waals surface area contributed by atoms with Gasteiger partial charge in [-0.15, -0.1) is 12.4 Å². The van der Waals surface area contributed by atoms with Crippen LogP contribution in [0.15, 0.2) is 94.3 Å². The molecule has 5 N–H and O–H groups in total. The van der Waals surface area contributed by atoms with E-state index in [4.69, 9.17) is 15.9 Å². The summed E-state index contributed by atoms with van der Waals surface area (Å²) in [5.41, 5.74) is 7.74. The Balaban J connectivity index is 0.00000400. The maximum atomic E-state index is 12.7. The van der Waals surface area contributed by atoms with Crippen molar-refractivity contribution in [2.45, 2.75) is 24.0 Å². The molecule has 0 spiro atoms. The molecule has 0 aliphatic heterocycles. The molecule has 0 aliphatic rings. The van der Waals surface area contributed by atoms with Crippen LogP contribution in [0.3, 0.4) is 0 Å². The highest BCUT2D eigenvalue weighted by molar-refractivity contribution is 9.10. The topological polar surface area (TPSA) is 143 Å². The molecule has 0 amide bonds. The lowest BCUT2D eigenvalue weighted by Crippen LogP contribution is -2.42. The van der Waals surface area contributed by atoms with E-state index in [2.05, 4.69) is 20.7 Å². The molecule has 1 unspecified atom stereocenters. The van der Waals surface area contributed by atoms with Crippen LogP contribution in [0, 0.1) is 5.41 Å². The number of sulfonamides is 1. The van der Waals surface area contributed by atoms with Crippen LogP contribution in [0.5, 0.6) is 5.75 Å². The summed E-state index contributed by atoms with van der Waals surface area (Å²) in [4.78, 5) is 11.8. The summed E-state index contributed by atoms with van der Waals surface area (Å²) < 4.78 is 34.3. The minimum atomic E-state index is -4.01. The lowest BCUT2D eigenvalue weighted by molar-refractivity contribution is -0.138. The molecular weight excluding hydrogens is 594 g/mol. The van der Waals surface area contributed by atoms with Gasteiger partial charge in [0.2, 0.25) is 10.0 Å². The molecule has 0 saturated carbocycles. The van der Waals surface area contributed by atoms with Crippen molar-refractivity contribution in [3.05, 3.63) is 106 Å². The number of rotatable bonds is 10. The molecule has 0 radical (unpaired) electrons. The number of nitrogen functional groups attached to an aromatic ring is 1. The third-order valence-corrected chi connectivity index (χ3v) is 7.72. The minimum absolute atomic E-state index is 0. The van der Waals surface area contributed by atoms with Gasteiger partial charge in [0.25, 0.3) is 0 Å². The summed E-state index contributed by atoms with van der Waals surface area (Å²) in [6.07, 6.45) is -0.0183. The fourth-order valence-corrected chi connectivity index (χ4v) is 5.17. The van der Waals surface area contributed by atoms with Gasteiger partial charge >= 0.3 is 5.97 Å². The zero-order valence-electron chi connectivity index (χ0n) is 19.9. The smallest absolute Gasteiger partial charge is 0.322 e. The first-order chi connectivity index (χ1) is 17.6. The van der Waals surface area contributed by atoms with Crippen molar-refractivity contribution in [1.82, 2.24) is 4.72 Å². The number of nitrogens with two attached hydrogens (primary N) is 1. The molecule has 4 rings (SSSR count). The Morgan fingerprint density at radius 3 is 2.18 bits per heavy atom. The molecule has 11 heteroatoms. The van der Waals surface area contributed by atoms with Crippen LogP contribution in [0.25, 0.3) is 10.8 Å². The number of halogens is 2. The van der Waals surface area contributed by atoms with E-state index in [9.17, 15) is 18.3 Å². The molecule has 0 heterocycles. The average molecular weight is 619 g/mol. The summed E-state index contributed by atoms with van der Waals surface area (Å²) in [6, 6.07) is 22.9. The number of carbonyl (C=O) groups is 1. The minimum Gasteiger partial charge on any atom is -0.489 e. The average Bonchev–Trinajstić information content (AvgIpc) is 2.87. The van der Waals surface area contributed by atoms with Gasteiger partial charge in [0.15, 0.2) is 0 Å². The summed E-state index contributed by atoms with van der Waals surface area (Å²) in [5.74, 6) is -0.583. The van der Waals surface area contributed by atoms with Crippen LogP contribution in [-0.2, 0) is 27.8 Å². The zero-order chi connectivity index (χ0) is 26.6. The van der Waals surface area contributed by atoms with Gasteiger partial charge in [0.05, 0.1) is 4.90 Å². The highest BCUT2D eigenvalue weighted by atomic mass is 79.9. The lowest BCUT2D eigenvalue weighted by atomic mass is 10.0. The number of amidine groups is 1. The first kappa shape index (κ1) is 29.1. The molecule has 4 aromatic rings. The van der Waals surface area contributed by atoms with Crippen molar-refractivity contribution >= 4 is 60.9 Å². The van der Waals surface area contributed by atoms with Gasteiger partial charge in [-0.3, -0.25) is 10.2 Å². The van der Waals surface area contributed by atoms with E-state index in [1.54, 1.807) is 30.3 Å². The fourth-order valence-electron chi connectivity index (χ4n) is 3.72. The van der Waals surface area contributed by atoms with Crippen LogP contribution in [0.4, 0.5) is 0 Å². The number of ether oxygens (including phenoxy) is 1. The monoisotopic (exact) mass is 617 g/mol. The van der Waals surface area contributed by atoms with Crippen molar-refractivity contribution < 1.29 is 23.1 Å². The van der Waals surface area contributed by atoms with E-state index in [0.717, 1.165) is 16.3 Å². The van der Waals surface area contributed by atoms with Crippen molar-refractivity contribution in [2.24, 2.45) is 5.73 Å². The maximum absolute atomic E-state index is 12.7. The van der Waals surface area contributed by atoms with E-state index < -0.39 is 22.0 Å². The molecule has 8 nitrogen and oxygen atoms in total.